The Bertz CT molecular complexity index is 1950. The summed E-state index contributed by atoms with van der Waals surface area (Å²) < 4.78 is 25.9. The van der Waals surface area contributed by atoms with Crippen molar-refractivity contribution in [2.75, 3.05) is 13.7 Å². The van der Waals surface area contributed by atoms with E-state index in [0.717, 1.165) is 10.0 Å². The quantitative estimate of drug-likeness (QED) is 0.173. The van der Waals surface area contributed by atoms with Crippen LogP contribution >= 0.6 is 38.9 Å². The fraction of sp³-hybridized carbons (Fsp3) is 0.265. The maximum atomic E-state index is 14.2. The Kier molecular flexibility index (Phi) is 10.2. The minimum Gasteiger partial charge on any atom is -0.493 e. The zero-order chi connectivity index (χ0) is 32.2. The second kappa shape index (κ2) is 14.1. The van der Waals surface area contributed by atoms with Crippen molar-refractivity contribution in [3.8, 4) is 17.2 Å². The van der Waals surface area contributed by atoms with Gasteiger partial charge in [0.05, 0.1) is 41.7 Å². The van der Waals surface area contributed by atoms with Gasteiger partial charge in [-0.1, -0.05) is 57.1 Å². The molecule has 0 spiro atoms. The van der Waals surface area contributed by atoms with Crippen molar-refractivity contribution < 1.29 is 23.7 Å². The second-order valence-electron chi connectivity index (χ2n) is 10.5. The van der Waals surface area contributed by atoms with Crippen LogP contribution in [0.2, 0.25) is 5.02 Å². The lowest BCUT2D eigenvalue weighted by atomic mass is 9.95. The molecule has 0 saturated heterocycles. The van der Waals surface area contributed by atoms with Gasteiger partial charge in [-0.15, -0.1) is 0 Å². The van der Waals surface area contributed by atoms with Crippen LogP contribution in [0.3, 0.4) is 0 Å². The van der Waals surface area contributed by atoms with Crippen LogP contribution in [-0.2, 0) is 16.1 Å². The largest absolute Gasteiger partial charge is 0.493 e. The van der Waals surface area contributed by atoms with Crippen molar-refractivity contribution in [1.82, 2.24) is 4.57 Å². The van der Waals surface area contributed by atoms with Gasteiger partial charge in [-0.3, -0.25) is 9.36 Å². The number of esters is 1. The van der Waals surface area contributed by atoms with Crippen LogP contribution in [0, 0.1) is 0 Å². The highest BCUT2D eigenvalue weighted by Crippen LogP contribution is 2.36. The van der Waals surface area contributed by atoms with Gasteiger partial charge in [-0.25, -0.2) is 9.79 Å². The topological polar surface area (TPSA) is 88.4 Å². The number of aromatic nitrogens is 1. The van der Waals surface area contributed by atoms with Crippen molar-refractivity contribution in [3.63, 3.8) is 0 Å². The highest BCUT2D eigenvalue weighted by atomic mass is 79.9. The van der Waals surface area contributed by atoms with Crippen molar-refractivity contribution in [2.45, 2.75) is 46.4 Å². The van der Waals surface area contributed by atoms with E-state index in [4.69, 9.17) is 30.5 Å². The average molecular weight is 712 g/mol. The molecule has 1 aliphatic rings. The van der Waals surface area contributed by atoms with E-state index in [1.807, 2.05) is 62.4 Å². The molecule has 1 atom stereocenters. The highest BCUT2D eigenvalue weighted by molar-refractivity contribution is 9.10. The van der Waals surface area contributed by atoms with Crippen LogP contribution in [0.5, 0.6) is 17.2 Å². The van der Waals surface area contributed by atoms with Crippen LogP contribution in [-0.4, -0.2) is 30.4 Å². The Hall–Kier alpha value is -3.86. The third kappa shape index (κ3) is 7.19. The predicted octanol–water partition coefficient (Wildman–Crippen LogP) is 6.59. The van der Waals surface area contributed by atoms with Gasteiger partial charge < -0.3 is 18.9 Å². The normalized spacial score (nSPS) is 14.7. The fourth-order valence-electron chi connectivity index (χ4n) is 4.96. The fourth-order valence-corrected chi connectivity index (χ4v) is 6.50. The number of thiazole rings is 1. The summed E-state index contributed by atoms with van der Waals surface area (Å²) in [5.41, 5.74) is 2.77. The molecule has 0 unspecified atom stereocenters. The number of halogens is 2. The summed E-state index contributed by atoms with van der Waals surface area (Å²) >= 11 is 10.8. The smallest absolute Gasteiger partial charge is 0.338 e. The van der Waals surface area contributed by atoms with E-state index in [2.05, 4.69) is 20.9 Å². The number of ether oxygens (including phenoxy) is 4. The molecule has 1 aliphatic heterocycles. The van der Waals surface area contributed by atoms with Gasteiger partial charge in [-0.2, -0.15) is 0 Å². The number of carbonyl (C=O) groups is 1. The molecule has 8 nitrogen and oxygen atoms in total. The van der Waals surface area contributed by atoms with Gasteiger partial charge >= 0.3 is 5.97 Å². The molecule has 0 saturated carbocycles. The highest BCUT2D eigenvalue weighted by Gasteiger charge is 2.34. The summed E-state index contributed by atoms with van der Waals surface area (Å²) in [6, 6.07) is 17.7. The number of nitrogens with zero attached hydrogens (tertiary/aromatic N) is 2. The average Bonchev–Trinajstić information content (AvgIpc) is 3.30. The molecule has 234 valence electrons. The van der Waals surface area contributed by atoms with E-state index >= 15 is 0 Å². The molecule has 0 aliphatic carbocycles. The SMILES string of the molecule is CCOC(=O)C1=C(C)N=c2s/c(=C\c3cc(Br)ccc3OCc3ccc(Cl)cc3)c(=O)n2[C@H]1c1ccc(OC(C)C)c(OC)c1. The first-order valence-electron chi connectivity index (χ1n) is 14.3. The molecule has 5 rings (SSSR count). The lowest BCUT2D eigenvalue weighted by Gasteiger charge is -2.25. The maximum absolute atomic E-state index is 14.2. The minimum atomic E-state index is -0.799. The molecule has 1 aromatic heterocycles. The standard InChI is InChI=1S/C34H32BrClN2O6S/c1-6-42-33(40)30-20(4)37-34-38(31(30)22-9-13-27(44-19(2)3)28(16-22)41-5)32(39)29(45-34)17-23-15-24(35)10-14-26(23)43-18-21-7-11-25(36)12-8-21/h7-17,19,31H,6,18H2,1-5H3/b29-17-/t31-/m0/s1. The summed E-state index contributed by atoms with van der Waals surface area (Å²) in [6.07, 6.45) is 1.71. The van der Waals surface area contributed by atoms with Gasteiger partial charge in [0.2, 0.25) is 0 Å². The van der Waals surface area contributed by atoms with Gasteiger partial charge in [0.15, 0.2) is 16.3 Å². The van der Waals surface area contributed by atoms with Crippen molar-refractivity contribution >= 4 is 50.9 Å². The van der Waals surface area contributed by atoms with Crippen molar-refractivity contribution in [1.29, 1.82) is 0 Å². The molecule has 0 amide bonds. The van der Waals surface area contributed by atoms with Crippen LogP contribution in [0.1, 0.15) is 50.4 Å². The molecule has 0 radical (unpaired) electrons. The molecular formula is C34H32BrClN2O6S. The Morgan fingerprint density at radius 1 is 1.09 bits per heavy atom. The second-order valence-corrected chi connectivity index (χ2v) is 12.8. The van der Waals surface area contributed by atoms with Gasteiger partial charge in [-0.05, 0) is 87.4 Å². The van der Waals surface area contributed by atoms with Crippen LogP contribution < -0.4 is 29.1 Å². The Labute approximate surface area is 278 Å². The van der Waals surface area contributed by atoms with Gasteiger partial charge in [0, 0.05) is 15.1 Å². The van der Waals surface area contributed by atoms with E-state index in [0.29, 0.717) is 55.0 Å². The molecule has 0 bridgehead atoms. The number of benzene rings is 3. The lowest BCUT2D eigenvalue weighted by molar-refractivity contribution is -0.139. The first-order valence-corrected chi connectivity index (χ1v) is 16.3. The molecule has 2 heterocycles. The zero-order valence-corrected chi connectivity index (χ0v) is 28.6. The van der Waals surface area contributed by atoms with Gasteiger partial charge in [0.1, 0.15) is 12.4 Å². The van der Waals surface area contributed by atoms with E-state index in [9.17, 15) is 9.59 Å². The first kappa shape index (κ1) is 32.5. The van der Waals surface area contributed by atoms with Gasteiger partial charge in [0.25, 0.3) is 5.56 Å². The molecular weight excluding hydrogens is 680 g/mol. The summed E-state index contributed by atoms with van der Waals surface area (Å²) in [4.78, 5) is 32.7. The molecule has 3 aromatic carbocycles. The summed E-state index contributed by atoms with van der Waals surface area (Å²) in [7, 11) is 1.55. The molecule has 4 aromatic rings. The third-order valence-corrected chi connectivity index (χ3v) is 8.68. The third-order valence-electron chi connectivity index (χ3n) is 6.95. The number of fused-ring (bicyclic) bond motifs is 1. The van der Waals surface area contributed by atoms with Crippen LogP contribution in [0.15, 0.2) is 86.2 Å². The van der Waals surface area contributed by atoms with E-state index < -0.39 is 12.0 Å². The number of hydrogen-bond donors (Lipinski definition) is 0. The summed E-state index contributed by atoms with van der Waals surface area (Å²) in [6.45, 7) is 7.84. The molecule has 45 heavy (non-hydrogen) atoms. The lowest BCUT2D eigenvalue weighted by Crippen LogP contribution is -2.40. The molecule has 11 heteroatoms. The number of methoxy groups -OCH3 is 1. The van der Waals surface area contributed by atoms with E-state index in [1.165, 1.54) is 11.3 Å². The van der Waals surface area contributed by atoms with Crippen molar-refractivity contribution in [2.24, 2.45) is 4.99 Å². The summed E-state index contributed by atoms with van der Waals surface area (Å²) in [5, 5.41) is 0.649. The number of rotatable bonds is 10. The Morgan fingerprint density at radius 2 is 1.82 bits per heavy atom. The monoisotopic (exact) mass is 710 g/mol. The number of carbonyl (C=O) groups excluding carboxylic acids is 1. The molecule has 0 N–H and O–H groups in total. The van der Waals surface area contributed by atoms with Crippen LogP contribution in [0.4, 0.5) is 0 Å². The Balaban J connectivity index is 1.63. The predicted molar refractivity (Wildman–Crippen MR) is 179 cm³/mol. The zero-order valence-electron chi connectivity index (χ0n) is 25.4. The van der Waals surface area contributed by atoms with Crippen LogP contribution in [0.25, 0.3) is 6.08 Å². The minimum absolute atomic E-state index is 0.0715. The van der Waals surface area contributed by atoms with E-state index in [1.54, 1.807) is 43.7 Å². The Morgan fingerprint density at radius 3 is 2.51 bits per heavy atom. The maximum Gasteiger partial charge on any atom is 0.338 e. The van der Waals surface area contributed by atoms with Crippen molar-refractivity contribution in [3.05, 3.63) is 118 Å². The molecule has 0 fully saturated rings. The van der Waals surface area contributed by atoms with E-state index in [-0.39, 0.29) is 23.8 Å². The summed E-state index contributed by atoms with van der Waals surface area (Å²) in [5.74, 6) is 1.11. The number of hydrogen-bond acceptors (Lipinski definition) is 8. The number of allylic oxidation sites excluding steroid dienone is 1. The first-order chi connectivity index (χ1) is 21.6.